The summed E-state index contributed by atoms with van der Waals surface area (Å²) < 4.78 is 47.6. The molecule has 0 amide bonds. The number of hydrogen-bond acceptors (Lipinski definition) is 10. The molecule has 0 aliphatic heterocycles. The molecule has 3 atom stereocenters. The number of rotatable bonds is 40. The number of ether oxygens (including phenoxy) is 2. The van der Waals surface area contributed by atoms with Crippen molar-refractivity contribution in [1.29, 1.82) is 0 Å². The molecule has 0 radical (unpaired) electrons. The Morgan fingerprint density at radius 3 is 1.49 bits per heavy atom. The van der Waals surface area contributed by atoms with Crippen LogP contribution in [0.1, 0.15) is 168 Å². The second kappa shape index (κ2) is 38.3. The van der Waals surface area contributed by atoms with Crippen molar-refractivity contribution in [3.63, 3.8) is 0 Å². The van der Waals surface area contributed by atoms with Gasteiger partial charge in [0.15, 0.2) is 6.10 Å². The lowest BCUT2D eigenvalue weighted by atomic mass is 10.1. The van der Waals surface area contributed by atoms with Gasteiger partial charge in [-0.2, -0.15) is 0 Å². The van der Waals surface area contributed by atoms with Crippen molar-refractivity contribution in [3.8, 4) is 0 Å². The van der Waals surface area contributed by atoms with Crippen LogP contribution in [0.4, 0.5) is 0 Å². The van der Waals surface area contributed by atoms with Crippen LogP contribution in [0.3, 0.4) is 0 Å². The van der Waals surface area contributed by atoms with E-state index in [4.69, 9.17) is 23.8 Å². The largest absolute Gasteiger partial charge is 0.472 e. The van der Waals surface area contributed by atoms with Crippen LogP contribution >= 0.6 is 15.6 Å². The molecule has 0 saturated heterocycles. The molecule has 0 spiro atoms. The lowest BCUT2D eigenvalue weighted by molar-refractivity contribution is -0.161. The highest BCUT2D eigenvalue weighted by Gasteiger charge is 2.28. The molecule has 0 aromatic carbocycles. The van der Waals surface area contributed by atoms with Gasteiger partial charge in [-0.1, -0.05) is 133 Å². The zero-order valence-corrected chi connectivity index (χ0v) is 36.7. The van der Waals surface area contributed by atoms with Gasteiger partial charge in [0.25, 0.3) is 0 Å². The SMILES string of the molecule is CCCCCC/C=C\CCCCCCCC(=O)OC[C@H](COP(=O)(O)OC[C@@H](O)COP(=O)(O)O)OC(=O)CCC/C=C\C/C=C\C/C=C\CCCCCCCC. The van der Waals surface area contributed by atoms with E-state index >= 15 is 0 Å². The number of phosphoric ester groups is 2. The standard InChI is InChI=1S/C42H76O13P2/c1-3-5-7-9-11-13-15-17-18-19-20-22-24-26-28-30-32-34-42(45)55-40(38-54-57(49,50)53-36-39(43)35-52-56(46,47)48)37-51-41(44)33-31-29-27-25-23-21-16-14-12-10-8-6-4-2/h14,16-18,20,22,26,28,39-40,43H,3-13,15,19,21,23-25,27,29-38H2,1-2H3,(H,49,50)(H2,46,47,48)/b16-14-,18-17-,22-20-,28-26-/t39-,40+/m0/s1. The van der Waals surface area contributed by atoms with Crippen LogP contribution in [0.2, 0.25) is 0 Å². The van der Waals surface area contributed by atoms with Crippen LogP contribution in [0, 0.1) is 0 Å². The fraction of sp³-hybridized carbons (Fsp3) is 0.762. The number of allylic oxidation sites excluding steroid dienone is 8. The predicted octanol–water partition coefficient (Wildman–Crippen LogP) is 10.7. The lowest BCUT2D eigenvalue weighted by Gasteiger charge is -2.20. The predicted molar refractivity (Wildman–Crippen MR) is 225 cm³/mol. The van der Waals surface area contributed by atoms with Crippen LogP contribution in [0.15, 0.2) is 48.6 Å². The van der Waals surface area contributed by atoms with Crippen LogP contribution in [0.5, 0.6) is 0 Å². The molecule has 0 aliphatic rings. The molecule has 15 heteroatoms. The Morgan fingerprint density at radius 1 is 0.509 bits per heavy atom. The third kappa shape index (κ3) is 42.0. The Balaban J connectivity index is 4.64. The summed E-state index contributed by atoms with van der Waals surface area (Å²) in [7, 11) is -9.69. The van der Waals surface area contributed by atoms with Gasteiger partial charge in [0.2, 0.25) is 0 Å². The van der Waals surface area contributed by atoms with Crippen molar-refractivity contribution in [2.45, 2.75) is 180 Å². The van der Waals surface area contributed by atoms with E-state index in [0.717, 1.165) is 57.8 Å². The summed E-state index contributed by atoms with van der Waals surface area (Å²) in [6.07, 6.45) is 38.3. The van der Waals surface area contributed by atoms with Crippen molar-refractivity contribution in [2.75, 3.05) is 26.4 Å². The summed E-state index contributed by atoms with van der Waals surface area (Å²) in [4.78, 5) is 52.6. The third-order valence-corrected chi connectivity index (χ3v) is 10.1. The van der Waals surface area contributed by atoms with Gasteiger partial charge < -0.3 is 29.3 Å². The van der Waals surface area contributed by atoms with Crippen molar-refractivity contribution in [1.82, 2.24) is 0 Å². The molecule has 57 heavy (non-hydrogen) atoms. The Morgan fingerprint density at radius 2 is 0.930 bits per heavy atom. The fourth-order valence-corrected chi connectivity index (χ4v) is 6.57. The van der Waals surface area contributed by atoms with Gasteiger partial charge in [0.05, 0.1) is 19.8 Å². The number of hydrogen-bond donors (Lipinski definition) is 4. The smallest absolute Gasteiger partial charge is 0.462 e. The minimum atomic E-state index is -4.87. The van der Waals surface area contributed by atoms with Crippen molar-refractivity contribution >= 4 is 27.6 Å². The average Bonchev–Trinajstić information content (AvgIpc) is 3.17. The molecule has 0 aromatic heterocycles. The summed E-state index contributed by atoms with van der Waals surface area (Å²) in [6.45, 7) is 1.67. The number of phosphoric acid groups is 2. The molecule has 0 rings (SSSR count). The van der Waals surface area contributed by atoms with Gasteiger partial charge in [0.1, 0.15) is 12.7 Å². The van der Waals surface area contributed by atoms with Gasteiger partial charge >= 0.3 is 27.6 Å². The zero-order valence-electron chi connectivity index (χ0n) is 34.9. The van der Waals surface area contributed by atoms with E-state index < -0.39 is 66.2 Å². The topological polar surface area (TPSA) is 195 Å². The van der Waals surface area contributed by atoms with Gasteiger partial charge in [-0.3, -0.25) is 23.2 Å². The number of carbonyl (C=O) groups excluding carboxylic acids is 2. The first-order valence-electron chi connectivity index (χ1n) is 21.3. The van der Waals surface area contributed by atoms with E-state index in [-0.39, 0.29) is 12.8 Å². The Hall–Kier alpha value is -1.92. The average molecular weight is 851 g/mol. The second-order valence-corrected chi connectivity index (χ2v) is 16.9. The maximum absolute atomic E-state index is 12.6. The molecule has 0 saturated carbocycles. The van der Waals surface area contributed by atoms with E-state index in [1.807, 2.05) is 12.2 Å². The first kappa shape index (κ1) is 55.1. The molecule has 1 unspecified atom stereocenters. The monoisotopic (exact) mass is 850 g/mol. The highest BCUT2D eigenvalue weighted by atomic mass is 31.2. The van der Waals surface area contributed by atoms with Gasteiger partial charge in [-0.15, -0.1) is 0 Å². The summed E-state index contributed by atoms with van der Waals surface area (Å²) >= 11 is 0. The van der Waals surface area contributed by atoms with Gasteiger partial charge in [0, 0.05) is 12.8 Å². The molecular weight excluding hydrogens is 774 g/mol. The first-order valence-corrected chi connectivity index (χ1v) is 24.4. The first-order chi connectivity index (χ1) is 27.4. The van der Waals surface area contributed by atoms with Crippen LogP contribution < -0.4 is 0 Å². The number of aliphatic hydroxyl groups is 1. The fourth-order valence-electron chi connectivity index (χ4n) is 5.42. The maximum Gasteiger partial charge on any atom is 0.472 e. The summed E-state index contributed by atoms with van der Waals surface area (Å²) in [5.74, 6) is -1.10. The molecule has 0 aromatic rings. The maximum atomic E-state index is 12.6. The second-order valence-electron chi connectivity index (χ2n) is 14.3. The summed E-state index contributed by atoms with van der Waals surface area (Å²) in [5, 5.41) is 9.73. The van der Waals surface area contributed by atoms with E-state index in [9.17, 15) is 28.7 Å². The van der Waals surface area contributed by atoms with Crippen LogP contribution in [-0.2, 0) is 41.8 Å². The normalized spacial score (nSPS) is 14.6. The Labute approximate surface area is 343 Å². The summed E-state index contributed by atoms with van der Waals surface area (Å²) in [5.41, 5.74) is 0. The Bertz CT molecular complexity index is 1200. The van der Waals surface area contributed by atoms with E-state index in [2.05, 4.69) is 59.4 Å². The van der Waals surface area contributed by atoms with Crippen molar-refractivity contribution < 1.29 is 61.6 Å². The Kier molecular flexibility index (Phi) is 37.0. The zero-order chi connectivity index (χ0) is 42.3. The van der Waals surface area contributed by atoms with Crippen LogP contribution in [-0.4, -0.2) is 70.4 Å². The molecule has 13 nitrogen and oxygen atoms in total. The van der Waals surface area contributed by atoms with Gasteiger partial charge in [-0.05, 0) is 70.6 Å². The quantitative estimate of drug-likeness (QED) is 0.0197. The van der Waals surface area contributed by atoms with E-state index in [1.54, 1.807) is 0 Å². The van der Waals surface area contributed by atoms with E-state index in [0.29, 0.717) is 19.3 Å². The molecular formula is C42H76O13P2. The number of carbonyl (C=O) groups is 2. The number of aliphatic hydroxyl groups excluding tert-OH is 1. The molecule has 0 fully saturated rings. The molecule has 332 valence electrons. The van der Waals surface area contributed by atoms with Crippen molar-refractivity contribution in [3.05, 3.63) is 48.6 Å². The number of unbranched alkanes of at least 4 members (excludes halogenated alkanes) is 16. The minimum absolute atomic E-state index is 0.0574. The molecule has 4 N–H and O–H groups in total. The molecule has 0 bridgehead atoms. The highest BCUT2D eigenvalue weighted by Crippen LogP contribution is 2.43. The van der Waals surface area contributed by atoms with E-state index in [1.165, 1.54) is 64.2 Å². The number of esters is 2. The lowest BCUT2D eigenvalue weighted by Crippen LogP contribution is -2.29. The third-order valence-electron chi connectivity index (χ3n) is 8.68. The van der Waals surface area contributed by atoms with Crippen molar-refractivity contribution in [2.24, 2.45) is 0 Å². The molecule has 0 heterocycles. The highest BCUT2D eigenvalue weighted by molar-refractivity contribution is 7.47. The molecule has 0 aliphatic carbocycles. The summed E-state index contributed by atoms with van der Waals surface area (Å²) in [6, 6.07) is 0. The minimum Gasteiger partial charge on any atom is -0.462 e. The van der Waals surface area contributed by atoms with Gasteiger partial charge in [-0.25, -0.2) is 9.13 Å². The van der Waals surface area contributed by atoms with Crippen LogP contribution in [0.25, 0.3) is 0 Å².